The van der Waals surface area contributed by atoms with E-state index in [2.05, 4.69) is 20.8 Å². The number of amides is 1. The molecule has 2 aliphatic heterocycles. The summed E-state index contributed by atoms with van der Waals surface area (Å²) in [5.74, 6) is 2.91. The summed E-state index contributed by atoms with van der Waals surface area (Å²) in [6, 6.07) is 14.2. The molecule has 0 atom stereocenters. The van der Waals surface area contributed by atoms with Gasteiger partial charge in [0.1, 0.15) is 5.82 Å². The number of nitrogens with one attached hydrogen (secondary N) is 2. The number of carbonyl (C=O) groups excluding carboxylic acids is 1. The van der Waals surface area contributed by atoms with Crippen molar-refractivity contribution in [2.24, 2.45) is 0 Å². The molecule has 0 unspecified atom stereocenters. The second kappa shape index (κ2) is 7.19. The third-order valence-electron chi connectivity index (χ3n) is 4.44. The first-order chi connectivity index (χ1) is 14.2. The summed E-state index contributed by atoms with van der Waals surface area (Å²) >= 11 is 0. The van der Waals surface area contributed by atoms with Crippen LogP contribution in [0.15, 0.2) is 48.5 Å². The number of carbonyl (C=O) groups is 1. The summed E-state index contributed by atoms with van der Waals surface area (Å²) in [6.45, 7) is 0.959. The molecule has 9 heteroatoms. The standard InChI is InChI=1S/C20H16N4O5/c25-20(22-13-2-5-16-18(8-13)29-11-27-16)14-3-6-19(24-23-14)21-9-12-1-4-15-17(7-12)28-10-26-15/h1-8H,9-11H2,(H,21,24)(H,22,25). The summed E-state index contributed by atoms with van der Waals surface area (Å²) in [4.78, 5) is 12.4. The zero-order valence-electron chi connectivity index (χ0n) is 15.2. The van der Waals surface area contributed by atoms with Crippen molar-refractivity contribution < 1.29 is 23.7 Å². The second-order valence-electron chi connectivity index (χ2n) is 6.37. The van der Waals surface area contributed by atoms with Gasteiger partial charge in [0.05, 0.1) is 0 Å². The molecule has 3 heterocycles. The number of rotatable bonds is 5. The lowest BCUT2D eigenvalue weighted by Gasteiger charge is -2.08. The third kappa shape index (κ3) is 3.57. The van der Waals surface area contributed by atoms with Crippen LogP contribution in [0.1, 0.15) is 16.1 Å². The Balaban J connectivity index is 1.20. The van der Waals surface area contributed by atoms with Crippen molar-refractivity contribution in [3.05, 3.63) is 59.8 Å². The number of nitrogens with zero attached hydrogens (tertiary/aromatic N) is 2. The van der Waals surface area contributed by atoms with Crippen molar-refractivity contribution in [3.63, 3.8) is 0 Å². The molecule has 0 bridgehead atoms. The summed E-state index contributed by atoms with van der Waals surface area (Å²) in [5, 5.41) is 14.0. The highest BCUT2D eigenvalue weighted by molar-refractivity contribution is 6.03. The minimum absolute atomic E-state index is 0.179. The molecule has 1 amide bonds. The average molecular weight is 392 g/mol. The van der Waals surface area contributed by atoms with Crippen molar-refractivity contribution in [1.29, 1.82) is 0 Å². The minimum atomic E-state index is -0.362. The van der Waals surface area contributed by atoms with Gasteiger partial charge in [-0.2, -0.15) is 0 Å². The predicted molar refractivity (Wildman–Crippen MR) is 102 cm³/mol. The molecule has 0 fully saturated rings. The number of ether oxygens (including phenoxy) is 4. The van der Waals surface area contributed by atoms with E-state index in [1.165, 1.54) is 0 Å². The van der Waals surface area contributed by atoms with Gasteiger partial charge >= 0.3 is 0 Å². The van der Waals surface area contributed by atoms with Crippen molar-refractivity contribution in [3.8, 4) is 23.0 Å². The fraction of sp³-hybridized carbons (Fsp3) is 0.150. The molecule has 2 aromatic carbocycles. The fourth-order valence-electron chi connectivity index (χ4n) is 2.96. The van der Waals surface area contributed by atoms with Gasteiger partial charge in [-0.3, -0.25) is 4.79 Å². The number of fused-ring (bicyclic) bond motifs is 2. The van der Waals surface area contributed by atoms with Crippen LogP contribution in [0.25, 0.3) is 0 Å². The van der Waals surface area contributed by atoms with E-state index in [0.29, 0.717) is 29.5 Å². The largest absolute Gasteiger partial charge is 0.454 e. The molecule has 3 aromatic rings. The maximum absolute atomic E-state index is 12.4. The lowest BCUT2D eigenvalue weighted by molar-refractivity contribution is 0.102. The van der Waals surface area contributed by atoms with E-state index < -0.39 is 0 Å². The van der Waals surface area contributed by atoms with Crippen LogP contribution in [0.3, 0.4) is 0 Å². The Kier molecular flexibility index (Phi) is 4.24. The topological polar surface area (TPSA) is 104 Å². The van der Waals surface area contributed by atoms with Crippen LogP contribution in [-0.2, 0) is 6.54 Å². The Hall–Kier alpha value is -4.01. The SMILES string of the molecule is O=C(Nc1ccc2c(c1)OCO2)c1ccc(NCc2ccc3c(c2)OCO3)nn1. The fourth-order valence-corrected chi connectivity index (χ4v) is 2.96. The maximum atomic E-state index is 12.4. The van der Waals surface area contributed by atoms with Gasteiger partial charge < -0.3 is 29.6 Å². The Morgan fingerprint density at radius 3 is 2.31 bits per heavy atom. The Labute approximate surface area is 165 Å². The second-order valence-corrected chi connectivity index (χ2v) is 6.37. The summed E-state index contributed by atoms with van der Waals surface area (Å²) in [5.41, 5.74) is 1.81. The number of benzene rings is 2. The van der Waals surface area contributed by atoms with Gasteiger partial charge in [0.15, 0.2) is 28.7 Å². The molecular weight excluding hydrogens is 376 g/mol. The van der Waals surface area contributed by atoms with Crippen LogP contribution in [0, 0.1) is 0 Å². The first-order valence-electron chi connectivity index (χ1n) is 8.92. The maximum Gasteiger partial charge on any atom is 0.276 e. The van der Waals surface area contributed by atoms with Crippen LogP contribution in [0.2, 0.25) is 0 Å². The van der Waals surface area contributed by atoms with E-state index in [9.17, 15) is 4.79 Å². The van der Waals surface area contributed by atoms with Gasteiger partial charge in [-0.05, 0) is 42.0 Å². The van der Waals surface area contributed by atoms with Crippen molar-refractivity contribution in [1.82, 2.24) is 10.2 Å². The molecule has 0 saturated heterocycles. The molecule has 0 saturated carbocycles. The molecule has 9 nitrogen and oxygen atoms in total. The Morgan fingerprint density at radius 1 is 0.828 bits per heavy atom. The minimum Gasteiger partial charge on any atom is -0.454 e. The first-order valence-corrected chi connectivity index (χ1v) is 8.92. The molecule has 0 radical (unpaired) electrons. The van der Waals surface area contributed by atoms with E-state index >= 15 is 0 Å². The molecule has 2 N–H and O–H groups in total. The van der Waals surface area contributed by atoms with Crippen molar-refractivity contribution in [2.75, 3.05) is 24.2 Å². The first kappa shape index (κ1) is 17.1. The van der Waals surface area contributed by atoms with Crippen LogP contribution >= 0.6 is 0 Å². The normalized spacial score (nSPS) is 13.2. The molecule has 0 aliphatic carbocycles. The van der Waals surface area contributed by atoms with Crippen LogP contribution < -0.4 is 29.6 Å². The van der Waals surface area contributed by atoms with Gasteiger partial charge in [-0.1, -0.05) is 6.07 Å². The van der Waals surface area contributed by atoms with Crippen molar-refractivity contribution >= 4 is 17.4 Å². The van der Waals surface area contributed by atoms with Gasteiger partial charge in [0.2, 0.25) is 13.6 Å². The third-order valence-corrected chi connectivity index (χ3v) is 4.44. The molecule has 146 valence electrons. The Bertz CT molecular complexity index is 1070. The number of hydrogen-bond donors (Lipinski definition) is 2. The lowest BCUT2D eigenvalue weighted by Crippen LogP contribution is -2.14. The Morgan fingerprint density at radius 2 is 1.55 bits per heavy atom. The highest BCUT2D eigenvalue weighted by Crippen LogP contribution is 2.34. The molecule has 1 aromatic heterocycles. The average Bonchev–Trinajstić information content (AvgIpc) is 3.41. The van der Waals surface area contributed by atoms with E-state index in [0.717, 1.165) is 17.1 Å². The number of anilines is 2. The zero-order chi connectivity index (χ0) is 19.6. The monoisotopic (exact) mass is 392 g/mol. The van der Waals surface area contributed by atoms with E-state index in [4.69, 9.17) is 18.9 Å². The zero-order valence-corrected chi connectivity index (χ0v) is 15.2. The summed E-state index contributed by atoms with van der Waals surface area (Å²) in [6.07, 6.45) is 0. The van der Waals surface area contributed by atoms with Crippen LogP contribution in [0.5, 0.6) is 23.0 Å². The van der Waals surface area contributed by atoms with Crippen LogP contribution in [0.4, 0.5) is 11.5 Å². The van der Waals surface area contributed by atoms with Gasteiger partial charge in [0.25, 0.3) is 5.91 Å². The summed E-state index contributed by atoms with van der Waals surface area (Å²) in [7, 11) is 0. The van der Waals surface area contributed by atoms with Crippen molar-refractivity contribution in [2.45, 2.75) is 6.54 Å². The molecular formula is C20H16N4O5. The van der Waals surface area contributed by atoms with E-state index in [1.807, 2.05) is 18.2 Å². The quantitative estimate of drug-likeness (QED) is 0.683. The van der Waals surface area contributed by atoms with Gasteiger partial charge in [-0.15, -0.1) is 10.2 Å². The smallest absolute Gasteiger partial charge is 0.276 e. The predicted octanol–water partition coefficient (Wildman–Crippen LogP) is 2.80. The summed E-state index contributed by atoms with van der Waals surface area (Å²) < 4.78 is 21.2. The van der Waals surface area contributed by atoms with Gasteiger partial charge in [0, 0.05) is 18.3 Å². The molecule has 2 aliphatic rings. The number of aromatic nitrogens is 2. The van der Waals surface area contributed by atoms with E-state index in [1.54, 1.807) is 30.3 Å². The lowest BCUT2D eigenvalue weighted by atomic mass is 10.2. The highest BCUT2D eigenvalue weighted by atomic mass is 16.7. The van der Waals surface area contributed by atoms with E-state index in [-0.39, 0.29) is 25.2 Å². The molecule has 29 heavy (non-hydrogen) atoms. The molecule has 5 rings (SSSR count). The molecule has 0 spiro atoms. The number of hydrogen-bond acceptors (Lipinski definition) is 8. The van der Waals surface area contributed by atoms with Crippen LogP contribution in [-0.4, -0.2) is 29.7 Å². The highest BCUT2D eigenvalue weighted by Gasteiger charge is 2.16. The van der Waals surface area contributed by atoms with Gasteiger partial charge in [-0.25, -0.2) is 0 Å².